The van der Waals surface area contributed by atoms with Crippen LogP contribution in [0.4, 0.5) is 0 Å². The van der Waals surface area contributed by atoms with Crippen LogP contribution in [0.2, 0.25) is 0 Å². The van der Waals surface area contributed by atoms with E-state index >= 15 is 0 Å². The first-order valence-corrected chi connectivity index (χ1v) is 8.72. The Balaban J connectivity index is 2.01. The second-order valence-corrected chi connectivity index (χ2v) is 8.79. The monoisotopic (exact) mass is 314 g/mol. The summed E-state index contributed by atoms with van der Waals surface area (Å²) in [5.41, 5.74) is 1.39. The maximum atomic E-state index is 13.2. The third-order valence-corrected chi connectivity index (χ3v) is 6.81. The van der Waals surface area contributed by atoms with Gasteiger partial charge < -0.3 is 9.84 Å². The molecule has 2 aliphatic heterocycles. The average Bonchev–Trinajstić information content (AvgIpc) is 2.48. The number of rotatable bonds is 1. The van der Waals surface area contributed by atoms with Gasteiger partial charge in [-0.25, -0.2) is 0 Å². The number of ketones is 1. The average molecular weight is 314 g/mol. The Morgan fingerprint density at radius 2 is 1.83 bits per heavy atom. The predicted molar refractivity (Wildman–Crippen MR) is 88.2 cm³/mol. The molecule has 5 rings (SSSR count). The fourth-order valence-corrected chi connectivity index (χ4v) is 5.48. The Kier molecular flexibility index (Phi) is 2.71. The molecule has 1 saturated heterocycles. The fourth-order valence-electron chi connectivity index (χ4n) is 5.48. The van der Waals surface area contributed by atoms with Gasteiger partial charge in [0, 0.05) is 16.4 Å². The van der Waals surface area contributed by atoms with Gasteiger partial charge in [0.25, 0.3) is 5.79 Å². The lowest BCUT2D eigenvalue weighted by Crippen LogP contribution is -2.84. The first-order chi connectivity index (χ1) is 10.6. The van der Waals surface area contributed by atoms with Crippen LogP contribution >= 0.6 is 0 Å². The quantitative estimate of drug-likeness (QED) is 0.858. The van der Waals surface area contributed by atoms with Crippen LogP contribution in [0.25, 0.3) is 0 Å². The summed E-state index contributed by atoms with van der Waals surface area (Å²) in [4.78, 5) is 13.2. The van der Waals surface area contributed by atoms with Crippen molar-refractivity contribution in [1.82, 2.24) is 0 Å². The number of benzene rings is 1. The van der Waals surface area contributed by atoms with E-state index in [1.54, 1.807) is 0 Å². The number of hydrogen-bond acceptors (Lipinski definition) is 3. The van der Waals surface area contributed by atoms with Crippen LogP contribution in [0.5, 0.6) is 0 Å². The molecule has 3 atom stereocenters. The lowest BCUT2D eigenvalue weighted by Gasteiger charge is -2.71. The van der Waals surface area contributed by atoms with E-state index in [1.807, 2.05) is 6.07 Å². The zero-order valence-corrected chi connectivity index (χ0v) is 14.7. The summed E-state index contributed by atoms with van der Waals surface area (Å²) in [7, 11) is 0. The van der Waals surface area contributed by atoms with E-state index < -0.39 is 11.4 Å². The summed E-state index contributed by atoms with van der Waals surface area (Å²) >= 11 is 0. The minimum Gasteiger partial charge on any atom is -0.356 e. The van der Waals surface area contributed by atoms with Crippen molar-refractivity contribution in [2.45, 2.75) is 76.6 Å². The molecule has 0 aromatic heterocycles. The van der Waals surface area contributed by atoms with E-state index in [9.17, 15) is 9.90 Å². The lowest BCUT2D eigenvalue weighted by molar-refractivity contribution is -0.375. The number of carbonyl (C=O) groups excluding carboxylic acids is 1. The molecule has 1 saturated carbocycles. The highest BCUT2D eigenvalue weighted by atomic mass is 16.7. The van der Waals surface area contributed by atoms with Gasteiger partial charge in [-0.05, 0) is 36.0 Å². The summed E-state index contributed by atoms with van der Waals surface area (Å²) in [6, 6.07) is 6.25. The Morgan fingerprint density at radius 1 is 1.13 bits per heavy atom. The van der Waals surface area contributed by atoms with Crippen LogP contribution < -0.4 is 0 Å². The maximum Gasteiger partial charge on any atom is 0.258 e. The third-order valence-electron chi connectivity index (χ3n) is 6.81. The van der Waals surface area contributed by atoms with E-state index in [4.69, 9.17) is 4.74 Å². The SMILES string of the molecule is CC(C)c1ccc2c(c1)[C@]1(O)O[C@]3(C1=O)C(C)(C)CCC[C@]23C. The van der Waals surface area contributed by atoms with Crippen molar-refractivity contribution < 1.29 is 14.6 Å². The zero-order chi connectivity index (χ0) is 16.8. The zero-order valence-electron chi connectivity index (χ0n) is 14.7. The van der Waals surface area contributed by atoms with Crippen molar-refractivity contribution in [3.8, 4) is 0 Å². The van der Waals surface area contributed by atoms with Gasteiger partial charge >= 0.3 is 0 Å². The molecule has 3 nitrogen and oxygen atoms in total. The van der Waals surface area contributed by atoms with Crippen molar-refractivity contribution in [2.75, 3.05) is 0 Å². The van der Waals surface area contributed by atoms with E-state index in [0.717, 1.165) is 30.4 Å². The van der Waals surface area contributed by atoms with Crippen LogP contribution in [-0.2, 0) is 20.7 Å². The standard InChI is InChI=1S/C20H26O3/c1-12(2)13-7-8-14-15(11-13)19(22)16(21)20(23-19)17(3,4)9-6-10-18(14,20)5/h7-8,11-12,22H,6,9-10H2,1-5H3/t18-,19+,20-/m1/s1. The Hall–Kier alpha value is -1.19. The molecule has 4 aliphatic rings. The summed E-state index contributed by atoms with van der Waals surface area (Å²) in [6.45, 7) is 10.6. The van der Waals surface area contributed by atoms with Crippen LogP contribution in [-0.4, -0.2) is 16.5 Å². The summed E-state index contributed by atoms with van der Waals surface area (Å²) < 4.78 is 6.15. The highest BCUT2D eigenvalue weighted by Crippen LogP contribution is 2.70. The maximum absolute atomic E-state index is 13.2. The van der Waals surface area contributed by atoms with Crippen LogP contribution in [0, 0.1) is 5.41 Å². The number of hydrogen-bond donors (Lipinski definition) is 1. The molecule has 124 valence electrons. The van der Waals surface area contributed by atoms with Crippen LogP contribution in [0.3, 0.4) is 0 Å². The predicted octanol–water partition coefficient (Wildman–Crippen LogP) is 3.77. The lowest BCUT2D eigenvalue weighted by atomic mass is 9.43. The molecule has 1 aromatic rings. The van der Waals surface area contributed by atoms with E-state index in [1.165, 1.54) is 0 Å². The van der Waals surface area contributed by atoms with Gasteiger partial charge in [-0.2, -0.15) is 0 Å². The molecule has 1 aromatic carbocycles. The summed E-state index contributed by atoms with van der Waals surface area (Å²) in [6.07, 6.45) is 2.95. The molecule has 2 heterocycles. The smallest absolute Gasteiger partial charge is 0.258 e. The summed E-state index contributed by atoms with van der Waals surface area (Å²) in [5, 5.41) is 11.0. The Bertz CT molecular complexity index is 720. The van der Waals surface area contributed by atoms with E-state index in [2.05, 4.69) is 46.8 Å². The van der Waals surface area contributed by atoms with Crippen LogP contribution in [0.1, 0.15) is 76.5 Å². The number of Topliss-reactive ketones (excluding diaryl/α,β-unsaturated/α-hetero) is 1. The first-order valence-electron chi connectivity index (χ1n) is 8.72. The molecular formula is C20H26O3. The molecule has 1 N–H and O–H groups in total. The molecule has 0 amide bonds. The van der Waals surface area contributed by atoms with Crippen molar-refractivity contribution >= 4 is 5.78 Å². The number of ether oxygens (including phenoxy) is 1. The van der Waals surface area contributed by atoms with E-state index in [0.29, 0.717) is 11.5 Å². The number of carbonyl (C=O) groups is 1. The van der Waals surface area contributed by atoms with Crippen molar-refractivity contribution in [3.05, 3.63) is 34.9 Å². The van der Waals surface area contributed by atoms with E-state index in [-0.39, 0.29) is 16.6 Å². The highest BCUT2D eigenvalue weighted by Gasteiger charge is 2.82. The van der Waals surface area contributed by atoms with Gasteiger partial charge in [0.05, 0.1) is 0 Å². The molecule has 2 bridgehead atoms. The minimum atomic E-state index is -1.74. The molecule has 23 heavy (non-hydrogen) atoms. The van der Waals surface area contributed by atoms with Crippen molar-refractivity contribution in [3.63, 3.8) is 0 Å². The van der Waals surface area contributed by atoms with Gasteiger partial charge in [0.2, 0.25) is 5.78 Å². The van der Waals surface area contributed by atoms with Gasteiger partial charge in [-0.3, -0.25) is 4.79 Å². The molecule has 2 fully saturated rings. The fraction of sp³-hybridized carbons (Fsp3) is 0.650. The van der Waals surface area contributed by atoms with Gasteiger partial charge in [-0.1, -0.05) is 53.2 Å². The van der Waals surface area contributed by atoms with Gasteiger partial charge in [0.15, 0.2) is 5.60 Å². The van der Waals surface area contributed by atoms with Crippen molar-refractivity contribution in [1.29, 1.82) is 0 Å². The molecule has 3 heteroatoms. The molecular weight excluding hydrogens is 288 g/mol. The summed E-state index contributed by atoms with van der Waals surface area (Å²) in [5.74, 6) is -1.53. The van der Waals surface area contributed by atoms with Gasteiger partial charge in [0.1, 0.15) is 0 Å². The third kappa shape index (κ3) is 1.43. The molecule has 1 spiro atoms. The molecule has 0 radical (unpaired) electrons. The normalized spacial score (nSPS) is 40.4. The Labute approximate surface area is 138 Å². The van der Waals surface area contributed by atoms with Crippen molar-refractivity contribution in [2.24, 2.45) is 5.41 Å². The second kappa shape index (κ2) is 4.07. The first kappa shape index (κ1) is 15.3. The minimum absolute atomic E-state index is 0.134. The molecule has 2 aliphatic carbocycles. The molecule has 0 unspecified atom stereocenters. The largest absolute Gasteiger partial charge is 0.356 e. The Morgan fingerprint density at radius 3 is 2.43 bits per heavy atom. The van der Waals surface area contributed by atoms with Crippen LogP contribution in [0.15, 0.2) is 18.2 Å². The highest BCUT2D eigenvalue weighted by molar-refractivity contribution is 6.04. The number of aliphatic hydroxyl groups is 1. The second-order valence-electron chi connectivity index (χ2n) is 8.79. The topological polar surface area (TPSA) is 46.5 Å². The van der Waals surface area contributed by atoms with Gasteiger partial charge in [-0.15, -0.1) is 0 Å².